The van der Waals surface area contributed by atoms with Gasteiger partial charge in [-0.3, -0.25) is 0 Å². The monoisotopic (exact) mass is 248 g/mol. The zero-order valence-corrected chi connectivity index (χ0v) is 11.5. The number of aryl methyl sites for hydroxylation is 1. The summed E-state index contributed by atoms with van der Waals surface area (Å²) in [5.41, 5.74) is 1.17. The number of aromatic nitrogens is 2. The van der Waals surface area contributed by atoms with Gasteiger partial charge in [0.1, 0.15) is 12.1 Å². The minimum absolute atomic E-state index is 0.744. The summed E-state index contributed by atoms with van der Waals surface area (Å²) in [5, 5.41) is 3.28. The van der Waals surface area contributed by atoms with Gasteiger partial charge < -0.3 is 10.2 Å². The van der Waals surface area contributed by atoms with E-state index in [1.165, 1.54) is 18.5 Å². The third-order valence-corrected chi connectivity index (χ3v) is 3.55. The average Bonchev–Trinajstić information content (AvgIpc) is 2.40. The third kappa shape index (κ3) is 3.42. The molecule has 1 aromatic heterocycles. The molecular formula is C14H24N4. The van der Waals surface area contributed by atoms with Crippen LogP contribution in [0.4, 0.5) is 5.82 Å². The fourth-order valence-corrected chi connectivity index (χ4v) is 2.68. The molecule has 1 saturated heterocycles. The molecule has 4 nitrogen and oxygen atoms in total. The molecule has 0 saturated carbocycles. The molecule has 1 aliphatic rings. The van der Waals surface area contributed by atoms with Crippen molar-refractivity contribution in [2.45, 2.75) is 32.6 Å². The first kappa shape index (κ1) is 13.3. The van der Waals surface area contributed by atoms with E-state index in [1.807, 2.05) is 7.05 Å². The second-order valence-corrected chi connectivity index (χ2v) is 5.13. The lowest BCUT2D eigenvalue weighted by molar-refractivity contribution is 0.401. The van der Waals surface area contributed by atoms with Crippen molar-refractivity contribution in [1.29, 1.82) is 0 Å². The normalized spacial score (nSPS) is 20.1. The van der Waals surface area contributed by atoms with E-state index in [9.17, 15) is 0 Å². The van der Waals surface area contributed by atoms with E-state index in [1.54, 1.807) is 6.33 Å². The van der Waals surface area contributed by atoms with Crippen molar-refractivity contribution in [2.75, 3.05) is 31.6 Å². The Hall–Kier alpha value is -1.16. The van der Waals surface area contributed by atoms with Crippen LogP contribution in [0.2, 0.25) is 0 Å². The van der Waals surface area contributed by atoms with E-state index < -0.39 is 0 Å². The molecule has 4 heteroatoms. The molecule has 1 aromatic rings. The molecule has 1 aliphatic heterocycles. The number of nitrogens with zero attached hydrogens (tertiary/aromatic N) is 3. The summed E-state index contributed by atoms with van der Waals surface area (Å²) >= 11 is 0. The van der Waals surface area contributed by atoms with E-state index in [4.69, 9.17) is 0 Å². The molecule has 1 atom stereocenters. The van der Waals surface area contributed by atoms with Gasteiger partial charge >= 0.3 is 0 Å². The van der Waals surface area contributed by atoms with E-state index in [2.05, 4.69) is 33.2 Å². The lowest BCUT2D eigenvalue weighted by atomic mass is 9.98. The van der Waals surface area contributed by atoms with Crippen LogP contribution in [0.1, 0.15) is 31.9 Å². The van der Waals surface area contributed by atoms with Crippen LogP contribution >= 0.6 is 0 Å². The van der Waals surface area contributed by atoms with Crippen molar-refractivity contribution in [3.05, 3.63) is 18.1 Å². The molecule has 0 aliphatic carbocycles. The van der Waals surface area contributed by atoms with Crippen LogP contribution in [0.25, 0.3) is 0 Å². The van der Waals surface area contributed by atoms with E-state index >= 15 is 0 Å². The summed E-state index contributed by atoms with van der Waals surface area (Å²) in [6.45, 7) is 5.53. The Balaban J connectivity index is 2.03. The first-order chi connectivity index (χ1) is 8.83. The Morgan fingerprint density at radius 3 is 3.11 bits per heavy atom. The molecule has 100 valence electrons. The molecule has 1 N–H and O–H groups in total. The average molecular weight is 248 g/mol. The maximum atomic E-state index is 4.43. The Morgan fingerprint density at radius 1 is 1.44 bits per heavy atom. The van der Waals surface area contributed by atoms with Crippen LogP contribution in [0.5, 0.6) is 0 Å². The molecule has 0 radical (unpaired) electrons. The fraction of sp³-hybridized carbons (Fsp3) is 0.714. The van der Waals surface area contributed by atoms with Crippen molar-refractivity contribution in [3.8, 4) is 0 Å². The van der Waals surface area contributed by atoms with Crippen LogP contribution in [-0.4, -0.2) is 36.6 Å². The number of rotatable bonds is 5. The highest BCUT2D eigenvalue weighted by Crippen LogP contribution is 2.21. The van der Waals surface area contributed by atoms with E-state index in [-0.39, 0.29) is 0 Å². The Kier molecular flexibility index (Phi) is 4.93. The van der Waals surface area contributed by atoms with Crippen molar-refractivity contribution < 1.29 is 0 Å². The van der Waals surface area contributed by atoms with Gasteiger partial charge in [-0.05, 0) is 38.8 Å². The maximum Gasteiger partial charge on any atom is 0.132 e. The van der Waals surface area contributed by atoms with Gasteiger partial charge in [-0.15, -0.1) is 0 Å². The first-order valence-electron chi connectivity index (χ1n) is 7.04. The minimum atomic E-state index is 0.744. The summed E-state index contributed by atoms with van der Waals surface area (Å²) in [6, 6.07) is 2.16. The van der Waals surface area contributed by atoms with Gasteiger partial charge in [0.15, 0.2) is 0 Å². The van der Waals surface area contributed by atoms with Crippen LogP contribution in [-0.2, 0) is 6.42 Å². The van der Waals surface area contributed by atoms with E-state index in [0.717, 1.165) is 44.2 Å². The lowest BCUT2D eigenvalue weighted by Crippen LogP contribution is -2.39. The smallest absolute Gasteiger partial charge is 0.132 e. The topological polar surface area (TPSA) is 41.0 Å². The zero-order valence-electron chi connectivity index (χ0n) is 11.5. The molecule has 1 fully saturated rings. The van der Waals surface area contributed by atoms with Crippen molar-refractivity contribution in [3.63, 3.8) is 0 Å². The SMILES string of the molecule is CCCc1cc(N2CCCC(CNC)C2)ncn1. The molecule has 1 unspecified atom stereocenters. The summed E-state index contributed by atoms with van der Waals surface area (Å²) in [5.74, 6) is 1.85. The summed E-state index contributed by atoms with van der Waals surface area (Å²) in [7, 11) is 2.03. The quantitative estimate of drug-likeness (QED) is 0.863. The van der Waals surface area contributed by atoms with Crippen LogP contribution < -0.4 is 10.2 Å². The Labute approximate surface area is 110 Å². The second-order valence-electron chi connectivity index (χ2n) is 5.13. The van der Waals surface area contributed by atoms with Crippen molar-refractivity contribution >= 4 is 5.82 Å². The fourth-order valence-electron chi connectivity index (χ4n) is 2.68. The lowest BCUT2D eigenvalue weighted by Gasteiger charge is -2.33. The number of piperidine rings is 1. The molecule has 0 spiro atoms. The largest absolute Gasteiger partial charge is 0.356 e. The first-order valence-corrected chi connectivity index (χ1v) is 7.04. The number of anilines is 1. The second kappa shape index (κ2) is 6.69. The highest BCUT2D eigenvalue weighted by molar-refractivity contribution is 5.39. The van der Waals surface area contributed by atoms with Gasteiger partial charge in [0.05, 0.1) is 0 Å². The van der Waals surface area contributed by atoms with E-state index in [0.29, 0.717) is 0 Å². The van der Waals surface area contributed by atoms with Gasteiger partial charge in [0.25, 0.3) is 0 Å². The van der Waals surface area contributed by atoms with Gasteiger partial charge in [-0.2, -0.15) is 0 Å². The molecule has 2 rings (SSSR count). The summed E-state index contributed by atoms with van der Waals surface area (Å²) in [6.07, 6.45) is 6.48. The standard InChI is InChI=1S/C14H24N4/c1-3-5-13-8-14(17-11-16-13)18-7-4-6-12(10-18)9-15-2/h8,11-12,15H,3-7,9-10H2,1-2H3. The Bertz CT molecular complexity index is 365. The number of hydrogen-bond acceptors (Lipinski definition) is 4. The maximum absolute atomic E-state index is 4.43. The highest BCUT2D eigenvalue weighted by Gasteiger charge is 2.20. The molecule has 0 amide bonds. The van der Waals surface area contributed by atoms with Crippen molar-refractivity contribution in [1.82, 2.24) is 15.3 Å². The highest BCUT2D eigenvalue weighted by atomic mass is 15.2. The number of hydrogen-bond donors (Lipinski definition) is 1. The van der Waals surface area contributed by atoms with Gasteiger partial charge in [0.2, 0.25) is 0 Å². The van der Waals surface area contributed by atoms with Crippen molar-refractivity contribution in [2.24, 2.45) is 5.92 Å². The Morgan fingerprint density at radius 2 is 2.33 bits per heavy atom. The van der Waals surface area contributed by atoms with Crippen LogP contribution in [0, 0.1) is 5.92 Å². The van der Waals surface area contributed by atoms with Gasteiger partial charge in [0, 0.05) is 24.8 Å². The molecular weight excluding hydrogens is 224 g/mol. The zero-order chi connectivity index (χ0) is 12.8. The number of nitrogens with one attached hydrogen (secondary N) is 1. The molecule has 0 aromatic carbocycles. The third-order valence-electron chi connectivity index (χ3n) is 3.55. The minimum Gasteiger partial charge on any atom is -0.356 e. The summed E-state index contributed by atoms with van der Waals surface area (Å²) in [4.78, 5) is 11.2. The molecule has 0 bridgehead atoms. The molecule has 18 heavy (non-hydrogen) atoms. The van der Waals surface area contributed by atoms with Gasteiger partial charge in [-0.25, -0.2) is 9.97 Å². The molecule has 2 heterocycles. The predicted molar refractivity (Wildman–Crippen MR) is 74.9 cm³/mol. The van der Waals surface area contributed by atoms with Crippen LogP contribution in [0.15, 0.2) is 12.4 Å². The summed E-state index contributed by atoms with van der Waals surface area (Å²) < 4.78 is 0. The van der Waals surface area contributed by atoms with Crippen LogP contribution in [0.3, 0.4) is 0 Å². The predicted octanol–water partition coefficient (Wildman–Crippen LogP) is 1.86. The van der Waals surface area contributed by atoms with Gasteiger partial charge in [-0.1, -0.05) is 13.3 Å².